The van der Waals surface area contributed by atoms with Crippen LogP contribution in [-0.4, -0.2) is 70.3 Å². The number of ether oxygens (including phenoxy) is 2. The molecule has 1 aliphatic heterocycles. The minimum absolute atomic E-state index is 0.255. The molecule has 5 rings (SSSR count). The van der Waals surface area contributed by atoms with Gasteiger partial charge in [-0.1, -0.05) is 62.2 Å². The molecule has 42 heavy (non-hydrogen) atoms. The number of amides is 1. The molecule has 0 spiro atoms. The maximum absolute atomic E-state index is 12.5. The molecular formula is C32H41N7O3. The number of fused-ring (bicyclic) bond motifs is 1. The van der Waals surface area contributed by atoms with E-state index >= 15 is 0 Å². The summed E-state index contributed by atoms with van der Waals surface area (Å²) in [4.78, 5) is 25.6. The smallest absolute Gasteiger partial charge is 0.410 e. The highest BCUT2D eigenvalue weighted by Crippen LogP contribution is 2.27. The van der Waals surface area contributed by atoms with Gasteiger partial charge in [-0.2, -0.15) is 4.98 Å². The molecule has 4 aromatic rings. The van der Waals surface area contributed by atoms with Crippen molar-refractivity contribution in [3.05, 3.63) is 77.5 Å². The first-order valence-electron chi connectivity index (χ1n) is 14.7. The van der Waals surface area contributed by atoms with Crippen LogP contribution in [0.2, 0.25) is 0 Å². The first kappa shape index (κ1) is 29.2. The molecule has 2 aromatic heterocycles. The Bertz CT molecular complexity index is 1470. The number of piperazine rings is 1. The number of nitrogens with zero attached hydrogens (tertiary/aromatic N) is 5. The molecular weight excluding hydrogens is 530 g/mol. The zero-order valence-corrected chi connectivity index (χ0v) is 24.6. The van der Waals surface area contributed by atoms with Crippen molar-refractivity contribution < 1.29 is 14.3 Å². The van der Waals surface area contributed by atoms with Crippen LogP contribution in [0.1, 0.15) is 42.9 Å². The highest BCUT2D eigenvalue weighted by atomic mass is 16.6. The van der Waals surface area contributed by atoms with Gasteiger partial charge in [0.05, 0.1) is 19.2 Å². The van der Waals surface area contributed by atoms with Crippen LogP contribution in [0.5, 0.6) is 5.75 Å². The van der Waals surface area contributed by atoms with Crippen molar-refractivity contribution in [2.45, 2.75) is 45.9 Å². The van der Waals surface area contributed by atoms with Crippen molar-refractivity contribution in [3.63, 3.8) is 0 Å². The Morgan fingerprint density at radius 1 is 0.976 bits per heavy atom. The van der Waals surface area contributed by atoms with Crippen LogP contribution in [0.3, 0.4) is 0 Å². The number of nitrogens with two attached hydrogens (primary N) is 1. The third-order valence-electron chi connectivity index (χ3n) is 7.63. The molecule has 0 bridgehead atoms. The largest absolute Gasteiger partial charge is 0.496 e. The van der Waals surface area contributed by atoms with Gasteiger partial charge < -0.3 is 30.0 Å². The molecule has 3 N–H and O–H groups in total. The van der Waals surface area contributed by atoms with E-state index in [2.05, 4.69) is 49.9 Å². The summed E-state index contributed by atoms with van der Waals surface area (Å²) in [7, 11) is 1.71. The van der Waals surface area contributed by atoms with Gasteiger partial charge in [0.1, 0.15) is 17.9 Å². The van der Waals surface area contributed by atoms with Gasteiger partial charge in [-0.3, -0.25) is 4.90 Å². The van der Waals surface area contributed by atoms with E-state index in [-0.39, 0.29) is 12.0 Å². The summed E-state index contributed by atoms with van der Waals surface area (Å²) < 4.78 is 13.5. The lowest BCUT2D eigenvalue weighted by Crippen LogP contribution is -2.48. The van der Waals surface area contributed by atoms with Crippen LogP contribution in [0.15, 0.2) is 60.8 Å². The Kier molecular flexibility index (Phi) is 9.76. The standard InChI is InChI=1S/C32H41N7O3/c1-3-4-8-14-34-30-29-27(35-31(33)36-30)13-15-39(29)22-26-12-11-25(20-28(26)41-2)21-37-16-18-38(19-17-37)32(40)42-23-24-9-6-5-7-10-24/h5-7,9-13,15,20H,3-4,8,14,16-19,21-23H2,1-2H3,(H3,33,34,35,36). The fourth-order valence-electron chi connectivity index (χ4n) is 5.32. The molecule has 10 nitrogen and oxygen atoms in total. The second-order valence-corrected chi connectivity index (χ2v) is 10.7. The average molecular weight is 572 g/mol. The number of hydrogen-bond donors (Lipinski definition) is 2. The summed E-state index contributed by atoms with van der Waals surface area (Å²) in [6, 6.07) is 18.1. The summed E-state index contributed by atoms with van der Waals surface area (Å²) in [6.07, 6.45) is 5.17. The second-order valence-electron chi connectivity index (χ2n) is 10.7. The van der Waals surface area contributed by atoms with Crippen LogP contribution in [0.25, 0.3) is 11.0 Å². The second kappa shape index (κ2) is 14.0. The third kappa shape index (κ3) is 7.30. The molecule has 2 aromatic carbocycles. The average Bonchev–Trinajstić information content (AvgIpc) is 3.41. The lowest BCUT2D eigenvalue weighted by Gasteiger charge is -2.34. The number of methoxy groups -OCH3 is 1. The van der Waals surface area contributed by atoms with Gasteiger partial charge in [0.2, 0.25) is 5.95 Å². The number of benzene rings is 2. The van der Waals surface area contributed by atoms with Crippen LogP contribution in [0, 0.1) is 0 Å². The van der Waals surface area contributed by atoms with Gasteiger partial charge in [-0.25, -0.2) is 9.78 Å². The molecule has 3 heterocycles. The number of anilines is 2. The Balaban J connectivity index is 1.19. The van der Waals surface area contributed by atoms with E-state index in [9.17, 15) is 4.79 Å². The van der Waals surface area contributed by atoms with E-state index < -0.39 is 0 Å². The summed E-state index contributed by atoms with van der Waals surface area (Å²) in [5, 5.41) is 3.46. The summed E-state index contributed by atoms with van der Waals surface area (Å²) in [5.41, 5.74) is 11.0. The Morgan fingerprint density at radius 3 is 2.55 bits per heavy atom. The molecule has 222 valence electrons. The SMILES string of the molecule is CCCCCNc1nc(N)nc2ccn(Cc3ccc(CN4CCN(C(=O)OCc5ccccc5)CC4)cc3OC)c12. The van der Waals surface area contributed by atoms with Gasteiger partial charge in [0.25, 0.3) is 0 Å². The van der Waals surface area contributed by atoms with E-state index in [1.807, 2.05) is 42.6 Å². The van der Waals surface area contributed by atoms with Crippen molar-refractivity contribution in [3.8, 4) is 5.75 Å². The first-order valence-corrected chi connectivity index (χ1v) is 14.7. The number of carbonyl (C=O) groups is 1. The van der Waals surface area contributed by atoms with Crippen molar-refractivity contribution in [2.75, 3.05) is 50.9 Å². The molecule has 10 heteroatoms. The van der Waals surface area contributed by atoms with E-state index in [1.165, 1.54) is 5.56 Å². The van der Waals surface area contributed by atoms with Crippen LogP contribution in [0.4, 0.5) is 16.6 Å². The van der Waals surface area contributed by atoms with E-state index in [1.54, 1.807) is 12.0 Å². The Labute approximate surface area is 247 Å². The first-order chi connectivity index (χ1) is 20.5. The third-order valence-corrected chi connectivity index (χ3v) is 7.63. The van der Waals surface area contributed by atoms with E-state index in [0.717, 1.165) is 79.2 Å². The van der Waals surface area contributed by atoms with Crippen molar-refractivity contribution in [2.24, 2.45) is 0 Å². The highest BCUT2D eigenvalue weighted by Gasteiger charge is 2.22. The summed E-state index contributed by atoms with van der Waals surface area (Å²) in [6.45, 7) is 7.60. The normalized spacial score (nSPS) is 13.8. The molecule has 1 aliphatic rings. The summed E-state index contributed by atoms with van der Waals surface area (Å²) in [5.74, 6) is 1.87. The quantitative estimate of drug-likeness (QED) is 0.225. The molecule has 0 aliphatic carbocycles. The molecule has 1 saturated heterocycles. The highest BCUT2D eigenvalue weighted by molar-refractivity contribution is 5.87. The van der Waals surface area contributed by atoms with Crippen molar-refractivity contribution in [1.82, 2.24) is 24.3 Å². The summed E-state index contributed by atoms with van der Waals surface area (Å²) >= 11 is 0. The molecule has 0 saturated carbocycles. The molecule has 1 fully saturated rings. The van der Waals surface area contributed by atoms with Gasteiger partial charge in [0, 0.05) is 51.0 Å². The van der Waals surface area contributed by atoms with Gasteiger partial charge >= 0.3 is 6.09 Å². The van der Waals surface area contributed by atoms with Crippen LogP contribution < -0.4 is 15.8 Å². The van der Waals surface area contributed by atoms with Gasteiger partial charge in [-0.15, -0.1) is 0 Å². The number of nitrogen functional groups attached to an aromatic ring is 1. The Morgan fingerprint density at radius 2 is 1.79 bits per heavy atom. The zero-order valence-electron chi connectivity index (χ0n) is 24.6. The lowest BCUT2D eigenvalue weighted by atomic mass is 10.1. The lowest BCUT2D eigenvalue weighted by molar-refractivity contribution is 0.0700. The number of rotatable bonds is 12. The molecule has 0 unspecified atom stereocenters. The predicted molar refractivity (Wildman–Crippen MR) is 166 cm³/mol. The van der Waals surface area contributed by atoms with E-state index in [4.69, 9.17) is 15.2 Å². The fraction of sp³-hybridized carbons (Fsp3) is 0.406. The maximum atomic E-state index is 12.5. The molecule has 1 amide bonds. The minimum Gasteiger partial charge on any atom is -0.496 e. The van der Waals surface area contributed by atoms with E-state index in [0.29, 0.717) is 26.2 Å². The number of aromatic nitrogens is 3. The van der Waals surface area contributed by atoms with Crippen LogP contribution in [-0.2, 0) is 24.4 Å². The number of hydrogen-bond acceptors (Lipinski definition) is 8. The minimum atomic E-state index is -0.255. The molecule has 0 radical (unpaired) electrons. The maximum Gasteiger partial charge on any atom is 0.410 e. The zero-order chi connectivity index (χ0) is 29.3. The number of carbonyl (C=O) groups excluding carboxylic acids is 1. The molecule has 0 atom stereocenters. The van der Waals surface area contributed by atoms with Crippen molar-refractivity contribution >= 4 is 28.9 Å². The predicted octanol–water partition coefficient (Wildman–Crippen LogP) is 5.13. The monoisotopic (exact) mass is 571 g/mol. The van der Waals surface area contributed by atoms with Gasteiger partial charge in [-0.05, 0) is 29.7 Å². The topological polar surface area (TPSA) is 111 Å². The fourth-order valence-corrected chi connectivity index (χ4v) is 5.32. The Hall–Kier alpha value is -4.31. The number of nitrogens with one attached hydrogen (secondary N) is 1. The van der Waals surface area contributed by atoms with Crippen LogP contribution >= 0.6 is 0 Å². The number of unbranched alkanes of at least 4 members (excludes halogenated alkanes) is 2. The van der Waals surface area contributed by atoms with Gasteiger partial charge in [0.15, 0.2) is 5.82 Å². The van der Waals surface area contributed by atoms with Crippen molar-refractivity contribution in [1.29, 1.82) is 0 Å².